The Morgan fingerprint density at radius 3 is 2.60 bits per heavy atom. The summed E-state index contributed by atoms with van der Waals surface area (Å²) in [6, 6.07) is 5.72. The van der Waals surface area contributed by atoms with E-state index in [4.69, 9.17) is 5.26 Å². The first-order valence-corrected chi connectivity index (χ1v) is 5.73. The number of hydrogen-bond acceptors (Lipinski definition) is 2. The summed E-state index contributed by atoms with van der Waals surface area (Å²) in [5, 5.41) is 8.95. The lowest BCUT2D eigenvalue weighted by Gasteiger charge is -2.05. The summed E-state index contributed by atoms with van der Waals surface area (Å²) >= 11 is 6.70. The second-order valence-corrected chi connectivity index (χ2v) is 4.87. The van der Waals surface area contributed by atoms with Crippen LogP contribution in [0.25, 0.3) is 0 Å². The first-order valence-electron chi connectivity index (χ1n) is 4.14. The smallest absolute Gasteiger partial charge is 0.101 e. The average Bonchev–Trinajstić information content (AvgIpc) is 2.14. The van der Waals surface area contributed by atoms with Gasteiger partial charge in [0.05, 0.1) is 17.6 Å². The van der Waals surface area contributed by atoms with Gasteiger partial charge < -0.3 is 4.90 Å². The molecule has 0 aliphatic carbocycles. The Hall–Kier alpha value is -0.860. The lowest BCUT2D eigenvalue weighted by Crippen LogP contribution is -2.07. The van der Waals surface area contributed by atoms with Crippen LogP contribution in [-0.2, 0) is 0 Å². The largest absolute Gasteiger partial charge is 0.369 e. The molecule has 0 aliphatic heterocycles. The Kier molecular flexibility index (Phi) is 4.30. The van der Waals surface area contributed by atoms with Crippen LogP contribution in [-0.4, -0.2) is 25.3 Å². The highest BCUT2D eigenvalue weighted by molar-refractivity contribution is 9.11. The molecule has 0 N–H and O–H groups in total. The fourth-order valence-corrected chi connectivity index (χ4v) is 2.28. The molecule has 0 aromatic heterocycles. The molecule has 1 aromatic carbocycles. The van der Waals surface area contributed by atoms with Crippen LogP contribution in [0.4, 0.5) is 5.69 Å². The predicted molar refractivity (Wildman–Crippen MR) is 68.4 cm³/mol. The van der Waals surface area contributed by atoms with Crippen molar-refractivity contribution >= 4 is 43.9 Å². The molecule has 5 heteroatoms. The molecule has 0 bridgehead atoms. The molecule has 0 radical (unpaired) electrons. The average molecular weight is 331 g/mol. The van der Waals surface area contributed by atoms with Gasteiger partial charge in [0, 0.05) is 23.0 Å². The molecule has 0 heterocycles. The Morgan fingerprint density at radius 1 is 1.40 bits per heavy atom. The van der Waals surface area contributed by atoms with Gasteiger partial charge in [0.25, 0.3) is 0 Å². The maximum atomic E-state index is 8.95. The highest BCUT2D eigenvalue weighted by atomic mass is 79.9. The van der Waals surface area contributed by atoms with Crippen LogP contribution in [0.15, 0.2) is 26.1 Å². The molecule has 0 amide bonds. The van der Waals surface area contributed by atoms with Crippen LogP contribution < -0.4 is 0 Å². The topological polar surface area (TPSA) is 39.4 Å². The van der Waals surface area contributed by atoms with Gasteiger partial charge in [0.2, 0.25) is 0 Å². The summed E-state index contributed by atoms with van der Waals surface area (Å²) < 4.78 is 1.65. The van der Waals surface area contributed by atoms with Crippen molar-refractivity contribution in [3.63, 3.8) is 0 Å². The van der Waals surface area contributed by atoms with Gasteiger partial charge in [-0.15, -0.1) is 0 Å². The van der Waals surface area contributed by atoms with Gasteiger partial charge in [-0.2, -0.15) is 5.26 Å². The van der Waals surface area contributed by atoms with Crippen LogP contribution >= 0.6 is 31.9 Å². The Morgan fingerprint density at radius 2 is 2.07 bits per heavy atom. The van der Waals surface area contributed by atoms with E-state index < -0.39 is 0 Å². The molecule has 1 rings (SSSR count). The number of nitriles is 1. The van der Waals surface area contributed by atoms with Crippen LogP contribution in [0.1, 0.15) is 5.56 Å². The normalized spacial score (nSPS) is 10.3. The molecule has 1 aromatic rings. The Balaban J connectivity index is 3.23. The SMILES string of the molecule is CN(C)/C=N/c1c(Br)cc(Br)cc1C#N. The first-order chi connectivity index (χ1) is 7.04. The number of halogens is 2. The summed E-state index contributed by atoms with van der Waals surface area (Å²) in [5.74, 6) is 0. The summed E-state index contributed by atoms with van der Waals surface area (Å²) in [5.41, 5.74) is 1.18. The highest BCUT2D eigenvalue weighted by Gasteiger charge is 2.06. The van der Waals surface area contributed by atoms with E-state index in [1.807, 2.05) is 25.1 Å². The van der Waals surface area contributed by atoms with Crippen molar-refractivity contribution in [1.82, 2.24) is 4.90 Å². The fourth-order valence-electron chi connectivity index (χ4n) is 0.956. The minimum atomic E-state index is 0.536. The second kappa shape index (κ2) is 5.29. The number of rotatable bonds is 2. The van der Waals surface area contributed by atoms with Crippen molar-refractivity contribution in [2.24, 2.45) is 4.99 Å². The molecule has 0 fully saturated rings. The standard InChI is InChI=1S/C10H9Br2N3/c1-15(2)6-14-10-7(5-13)3-8(11)4-9(10)12/h3-4,6H,1-2H3/b14-6+. The van der Waals surface area contributed by atoms with Gasteiger partial charge in [0.1, 0.15) is 6.07 Å². The molecule has 0 saturated heterocycles. The molecule has 0 unspecified atom stereocenters. The fraction of sp³-hybridized carbons (Fsp3) is 0.200. The van der Waals surface area contributed by atoms with Crippen molar-refractivity contribution in [2.75, 3.05) is 14.1 Å². The minimum absolute atomic E-state index is 0.536. The van der Waals surface area contributed by atoms with E-state index in [1.165, 1.54) is 0 Å². The Bertz CT molecular complexity index is 433. The van der Waals surface area contributed by atoms with E-state index in [9.17, 15) is 0 Å². The molecule has 15 heavy (non-hydrogen) atoms. The third-order valence-corrected chi connectivity index (χ3v) is 2.63. The molecule has 3 nitrogen and oxygen atoms in total. The van der Waals surface area contributed by atoms with E-state index in [2.05, 4.69) is 42.9 Å². The first kappa shape index (κ1) is 12.2. The number of hydrogen-bond donors (Lipinski definition) is 0. The van der Waals surface area contributed by atoms with Gasteiger partial charge in [-0.1, -0.05) is 15.9 Å². The van der Waals surface area contributed by atoms with Crippen LogP contribution in [0, 0.1) is 11.3 Å². The lowest BCUT2D eigenvalue weighted by atomic mass is 10.2. The number of nitrogens with zero attached hydrogens (tertiary/aromatic N) is 3. The van der Waals surface area contributed by atoms with E-state index in [1.54, 1.807) is 12.4 Å². The Labute approximate surface area is 106 Å². The van der Waals surface area contributed by atoms with Crippen molar-refractivity contribution in [2.45, 2.75) is 0 Å². The molecule has 0 aliphatic rings. The van der Waals surface area contributed by atoms with Gasteiger partial charge >= 0.3 is 0 Å². The summed E-state index contributed by atoms with van der Waals surface area (Å²) in [6.45, 7) is 0. The third-order valence-electron chi connectivity index (χ3n) is 1.57. The monoisotopic (exact) mass is 329 g/mol. The molecule has 0 spiro atoms. The van der Waals surface area contributed by atoms with Gasteiger partial charge in [-0.25, -0.2) is 4.99 Å². The second-order valence-electron chi connectivity index (χ2n) is 3.10. The molecule has 0 saturated carbocycles. The summed E-state index contributed by atoms with van der Waals surface area (Å²) in [4.78, 5) is 6.04. The quantitative estimate of drug-likeness (QED) is 0.616. The third kappa shape index (κ3) is 3.33. The van der Waals surface area contributed by atoms with E-state index in [-0.39, 0.29) is 0 Å². The minimum Gasteiger partial charge on any atom is -0.369 e. The van der Waals surface area contributed by atoms with Crippen molar-refractivity contribution in [3.8, 4) is 6.07 Å². The van der Waals surface area contributed by atoms with E-state index >= 15 is 0 Å². The molecular formula is C10H9Br2N3. The maximum absolute atomic E-state index is 8.95. The van der Waals surface area contributed by atoms with E-state index in [0.717, 1.165) is 8.95 Å². The van der Waals surface area contributed by atoms with Crippen molar-refractivity contribution in [1.29, 1.82) is 5.26 Å². The molecule has 78 valence electrons. The van der Waals surface area contributed by atoms with Crippen LogP contribution in [0.3, 0.4) is 0 Å². The van der Waals surface area contributed by atoms with Crippen molar-refractivity contribution < 1.29 is 0 Å². The zero-order valence-electron chi connectivity index (χ0n) is 8.33. The van der Waals surface area contributed by atoms with E-state index in [0.29, 0.717) is 11.3 Å². The van der Waals surface area contributed by atoms with Crippen LogP contribution in [0.2, 0.25) is 0 Å². The summed E-state index contributed by atoms with van der Waals surface area (Å²) in [7, 11) is 3.75. The number of aliphatic imine (C=N–C) groups is 1. The number of benzene rings is 1. The summed E-state index contributed by atoms with van der Waals surface area (Å²) in [6.07, 6.45) is 1.66. The van der Waals surface area contributed by atoms with Crippen LogP contribution in [0.5, 0.6) is 0 Å². The van der Waals surface area contributed by atoms with Crippen molar-refractivity contribution in [3.05, 3.63) is 26.6 Å². The highest BCUT2D eigenvalue weighted by Crippen LogP contribution is 2.32. The zero-order valence-corrected chi connectivity index (χ0v) is 11.5. The zero-order chi connectivity index (χ0) is 11.4. The van der Waals surface area contributed by atoms with Gasteiger partial charge in [-0.05, 0) is 28.1 Å². The molecule has 0 atom stereocenters. The van der Waals surface area contributed by atoms with Gasteiger partial charge in [-0.3, -0.25) is 0 Å². The van der Waals surface area contributed by atoms with Gasteiger partial charge in [0.15, 0.2) is 0 Å². The predicted octanol–water partition coefficient (Wildman–Crippen LogP) is 3.30. The lowest BCUT2D eigenvalue weighted by molar-refractivity contribution is 0.643. The maximum Gasteiger partial charge on any atom is 0.101 e. The molecular weight excluding hydrogens is 322 g/mol.